The van der Waals surface area contributed by atoms with Crippen molar-refractivity contribution < 1.29 is 9.18 Å². The minimum atomic E-state index is -0.292. The zero-order valence-electron chi connectivity index (χ0n) is 20.9. The predicted octanol–water partition coefficient (Wildman–Crippen LogP) is 5.79. The molecule has 192 valence electrons. The van der Waals surface area contributed by atoms with Crippen molar-refractivity contribution >= 4 is 34.0 Å². The van der Waals surface area contributed by atoms with Crippen LogP contribution >= 0.6 is 0 Å². The lowest BCUT2D eigenvalue weighted by Crippen LogP contribution is -2.28. The lowest BCUT2D eigenvalue weighted by molar-refractivity contribution is -0.122. The molecule has 0 radical (unpaired) electrons. The van der Waals surface area contributed by atoms with Crippen molar-refractivity contribution in [3.05, 3.63) is 90.5 Å². The molecule has 3 aromatic heterocycles. The maximum Gasteiger partial charge on any atom is 0.227 e. The predicted molar refractivity (Wildman–Crippen MR) is 149 cm³/mol. The van der Waals surface area contributed by atoms with E-state index in [1.54, 1.807) is 36.9 Å². The molecular formula is C30H24FN7O. The van der Waals surface area contributed by atoms with E-state index in [0.29, 0.717) is 18.2 Å². The first-order valence-corrected chi connectivity index (χ1v) is 12.9. The van der Waals surface area contributed by atoms with Gasteiger partial charge in [-0.25, -0.2) is 9.37 Å². The molecule has 39 heavy (non-hydrogen) atoms. The van der Waals surface area contributed by atoms with E-state index in [1.165, 1.54) is 12.1 Å². The van der Waals surface area contributed by atoms with Gasteiger partial charge in [0.1, 0.15) is 18.2 Å². The van der Waals surface area contributed by atoms with Gasteiger partial charge in [0.05, 0.1) is 29.1 Å². The van der Waals surface area contributed by atoms with Crippen LogP contribution in [0.1, 0.15) is 30.7 Å². The largest absolute Gasteiger partial charge is 0.366 e. The summed E-state index contributed by atoms with van der Waals surface area (Å²) < 4.78 is 13.5. The number of hydrogen-bond donors (Lipinski definition) is 3. The van der Waals surface area contributed by atoms with Gasteiger partial charge in [0.25, 0.3) is 0 Å². The number of halogens is 1. The van der Waals surface area contributed by atoms with Gasteiger partial charge in [0.2, 0.25) is 5.91 Å². The molecule has 8 nitrogen and oxygen atoms in total. The standard InChI is InChI=1S/C30H24FN7O/c31-21-7-4-17(5-8-21)24-14-33-15-26-27(24)38-29(37-26)28-23-11-19(6-9-25(23)34-16-35-28)20-10-22(13-32-12-20)36-30(39)18-2-1-3-18/h4-15,18,34H,1-3,16H2,(H,36,39)(H,37,38). The van der Waals surface area contributed by atoms with Crippen molar-refractivity contribution in [1.29, 1.82) is 0 Å². The number of hydrogen-bond acceptors (Lipinski definition) is 6. The van der Waals surface area contributed by atoms with E-state index in [2.05, 4.69) is 31.7 Å². The van der Waals surface area contributed by atoms with Gasteiger partial charge in [-0.15, -0.1) is 0 Å². The Balaban J connectivity index is 1.24. The van der Waals surface area contributed by atoms with E-state index in [1.807, 2.05) is 18.2 Å². The lowest BCUT2D eigenvalue weighted by Gasteiger charge is -2.24. The maximum absolute atomic E-state index is 13.5. The topological polar surface area (TPSA) is 108 Å². The van der Waals surface area contributed by atoms with Crippen LogP contribution in [0.15, 0.2) is 78.3 Å². The molecule has 1 saturated carbocycles. The van der Waals surface area contributed by atoms with E-state index in [9.17, 15) is 9.18 Å². The van der Waals surface area contributed by atoms with E-state index in [0.717, 1.165) is 69.5 Å². The molecule has 0 saturated heterocycles. The van der Waals surface area contributed by atoms with Crippen LogP contribution in [0.25, 0.3) is 33.3 Å². The number of aromatic amines is 1. The Morgan fingerprint density at radius 1 is 0.897 bits per heavy atom. The molecule has 0 atom stereocenters. The van der Waals surface area contributed by atoms with Crippen molar-refractivity contribution in [1.82, 2.24) is 19.9 Å². The molecule has 7 rings (SSSR count). The lowest BCUT2D eigenvalue weighted by atomic mass is 9.85. The zero-order valence-corrected chi connectivity index (χ0v) is 20.9. The highest BCUT2D eigenvalue weighted by molar-refractivity contribution is 6.16. The molecule has 2 aromatic carbocycles. The quantitative estimate of drug-likeness (QED) is 0.274. The number of anilines is 2. The second kappa shape index (κ2) is 9.43. The van der Waals surface area contributed by atoms with E-state index >= 15 is 0 Å². The van der Waals surface area contributed by atoms with E-state index in [4.69, 9.17) is 9.98 Å². The minimum Gasteiger partial charge on any atom is -0.366 e. The molecule has 3 N–H and O–H groups in total. The van der Waals surface area contributed by atoms with Crippen LogP contribution in [0.5, 0.6) is 0 Å². The Labute approximate surface area is 223 Å². The number of carbonyl (C=O) groups is 1. The SMILES string of the molecule is O=C(Nc1cncc(-c2ccc3c(c2)C(c2nc4c(-c5ccc(F)cc5)cncc4[nH]2)=NCN3)c1)C1CCC1. The number of carbonyl (C=O) groups excluding carboxylic acids is 1. The maximum atomic E-state index is 13.5. The van der Waals surface area contributed by atoms with Gasteiger partial charge >= 0.3 is 0 Å². The van der Waals surface area contributed by atoms with Crippen molar-refractivity contribution in [3.63, 3.8) is 0 Å². The number of amides is 1. The van der Waals surface area contributed by atoms with Gasteiger partial charge in [-0.05, 0) is 54.3 Å². The normalized spacial score (nSPS) is 14.7. The van der Waals surface area contributed by atoms with E-state index in [-0.39, 0.29) is 17.6 Å². The van der Waals surface area contributed by atoms with Gasteiger partial charge in [0, 0.05) is 40.7 Å². The van der Waals surface area contributed by atoms with Crippen LogP contribution in [0.4, 0.5) is 15.8 Å². The molecule has 1 fully saturated rings. The van der Waals surface area contributed by atoms with Crippen molar-refractivity contribution in [2.24, 2.45) is 10.9 Å². The number of benzene rings is 2. The van der Waals surface area contributed by atoms with Gasteiger partial charge in [0.15, 0.2) is 5.82 Å². The van der Waals surface area contributed by atoms with E-state index < -0.39 is 0 Å². The summed E-state index contributed by atoms with van der Waals surface area (Å²) in [5, 5.41) is 6.34. The number of imidazole rings is 1. The molecule has 1 amide bonds. The first-order valence-electron chi connectivity index (χ1n) is 12.9. The summed E-state index contributed by atoms with van der Waals surface area (Å²) in [5.41, 5.74) is 8.26. The Bertz CT molecular complexity index is 1760. The van der Waals surface area contributed by atoms with Gasteiger partial charge in [-0.3, -0.25) is 19.8 Å². The van der Waals surface area contributed by atoms with Crippen LogP contribution in [0.2, 0.25) is 0 Å². The number of H-pyrrole nitrogens is 1. The number of fused-ring (bicyclic) bond motifs is 2. The zero-order chi connectivity index (χ0) is 26.3. The summed E-state index contributed by atoms with van der Waals surface area (Å²) in [5.74, 6) is 0.494. The van der Waals surface area contributed by atoms with Crippen molar-refractivity contribution in [2.75, 3.05) is 17.3 Å². The molecule has 0 unspecified atom stereocenters. The van der Waals surface area contributed by atoms with Crippen LogP contribution in [0.3, 0.4) is 0 Å². The number of aliphatic imine (C=N–C) groups is 1. The Hall–Kier alpha value is -4.92. The molecule has 0 spiro atoms. The van der Waals surface area contributed by atoms with Crippen LogP contribution in [0, 0.1) is 11.7 Å². The molecule has 4 heterocycles. The number of pyridine rings is 2. The summed E-state index contributed by atoms with van der Waals surface area (Å²) >= 11 is 0. The molecule has 1 aliphatic carbocycles. The third-order valence-corrected chi connectivity index (χ3v) is 7.37. The molecule has 2 aliphatic rings. The average molecular weight is 518 g/mol. The third kappa shape index (κ3) is 4.31. The van der Waals surface area contributed by atoms with Crippen LogP contribution in [-0.2, 0) is 4.79 Å². The van der Waals surface area contributed by atoms with Gasteiger partial charge in [-0.1, -0.05) is 24.6 Å². The number of nitrogens with one attached hydrogen (secondary N) is 3. The fraction of sp³-hybridized carbons (Fsp3) is 0.167. The van der Waals surface area contributed by atoms with Crippen molar-refractivity contribution in [2.45, 2.75) is 19.3 Å². The monoisotopic (exact) mass is 517 g/mol. The number of rotatable bonds is 5. The number of aromatic nitrogens is 4. The fourth-order valence-corrected chi connectivity index (χ4v) is 5.03. The summed E-state index contributed by atoms with van der Waals surface area (Å²) in [6.45, 7) is 0.423. The summed E-state index contributed by atoms with van der Waals surface area (Å²) in [7, 11) is 0. The Morgan fingerprint density at radius 3 is 2.54 bits per heavy atom. The van der Waals surface area contributed by atoms with Crippen molar-refractivity contribution in [3.8, 4) is 22.3 Å². The second-order valence-corrected chi connectivity index (χ2v) is 9.86. The molecule has 9 heteroatoms. The Morgan fingerprint density at radius 2 is 1.72 bits per heavy atom. The smallest absolute Gasteiger partial charge is 0.227 e. The van der Waals surface area contributed by atoms with Gasteiger partial charge in [-0.2, -0.15) is 0 Å². The highest BCUT2D eigenvalue weighted by atomic mass is 19.1. The average Bonchev–Trinajstić information content (AvgIpc) is 3.36. The highest BCUT2D eigenvalue weighted by Gasteiger charge is 2.25. The van der Waals surface area contributed by atoms with Crippen LogP contribution in [-0.4, -0.2) is 38.2 Å². The van der Waals surface area contributed by atoms with Gasteiger partial charge < -0.3 is 15.6 Å². The first-order chi connectivity index (χ1) is 19.1. The molecule has 1 aliphatic heterocycles. The third-order valence-electron chi connectivity index (χ3n) is 7.37. The molecule has 5 aromatic rings. The summed E-state index contributed by atoms with van der Waals surface area (Å²) in [4.78, 5) is 34.2. The van der Waals surface area contributed by atoms with Crippen LogP contribution < -0.4 is 10.6 Å². The minimum absolute atomic E-state index is 0.0589. The molecular weight excluding hydrogens is 493 g/mol. The summed E-state index contributed by atoms with van der Waals surface area (Å²) in [6, 6.07) is 14.4. The second-order valence-electron chi connectivity index (χ2n) is 9.86. The highest BCUT2D eigenvalue weighted by Crippen LogP contribution is 2.32. The first kappa shape index (κ1) is 23.2. The summed E-state index contributed by atoms with van der Waals surface area (Å²) in [6.07, 6.45) is 9.93. The fourth-order valence-electron chi connectivity index (χ4n) is 5.03. The number of nitrogens with zero attached hydrogens (tertiary/aromatic N) is 4. The molecule has 0 bridgehead atoms. The Kier molecular flexibility index (Phi) is 5.61.